The first-order valence-electron chi connectivity index (χ1n) is 13.6. The number of carbonyl (C=O) groups excluding carboxylic acids is 2. The number of rotatable bonds is 9. The van der Waals surface area contributed by atoms with E-state index in [1.165, 1.54) is 23.1 Å². The summed E-state index contributed by atoms with van der Waals surface area (Å²) in [6.07, 6.45) is -3.32. The topological polar surface area (TPSA) is 47.1 Å². The van der Waals surface area contributed by atoms with E-state index in [0.29, 0.717) is 18.9 Å². The molecule has 2 aromatic carbocycles. The van der Waals surface area contributed by atoms with Gasteiger partial charge in [0.2, 0.25) is 5.91 Å². The number of piperazine rings is 1. The highest BCUT2D eigenvalue weighted by molar-refractivity contribution is 9.10. The van der Waals surface area contributed by atoms with Gasteiger partial charge in [-0.3, -0.25) is 14.5 Å². The molecule has 2 heterocycles. The lowest BCUT2D eigenvalue weighted by Crippen LogP contribution is -2.63. The van der Waals surface area contributed by atoms with Gasteiger partial charge in [-0.25, -0.2) is 4.39 Å². The van der Waals surface area contributed by atoms with Crippen molar-refractivity contribution in [3.8, 4) is 0 Å². The Morgan fingerprint density at radius 3 is 2.30 bits per heavy atom. The average molecular weight is 628 g/mol. The molecule has 0 saturated carbocycles. The monoisotopic (exact) mass is 626 g/mol. The predicted octanol–water partition coefficient (Wildman–Crippen LogP) is 5.09. The number of carbonyl (C=O) groups is 2. The van der Waals surface area contributed by atoms with Crippen molar-refractivity contribution in [2.24, 2.45) is 0 Å². The quantitative estimate of drug-likeness (QED) is 0.364. The molecule has 2 fully saturated rings. The molecule has 40 heavy (non-hydrogen) atoms. The van der Waals surface area contributed by atoms with Gasteiger partial charge in [0.15, 0.2) is 0 Å². The fourth-order valence-corrected chi connectivity index (χ4v) is 5.96. The lowest BCUT2D eigenvalue weighted by molar-refractivity contribution is -0.137. The summed E-state index contributed by atoms with van der Waals surface area (Å²) >= 11 is 3.09. The molecular formula is C29H35BrF4N4O2. The largest absolute Gasteiger partial charge is 0.416 e. The molecule has 0 N–H and O–H groups in total. The number of hydrogen-bond acceptors (Lipinski definition) is 4. The van der Waals surface area contributed by atoms with Gasteiger partial charge in [-0.15, -0.1) is 0 Å². The van der Waals surface area contributed by atoms with E-state index in [-0.39, 0.29) is 34.2 Å². The van der Waals surface area contributed by atoms with Crippen LogP contribution in [-0.4, -0.2) is 96.9 Å². The fourth-order valence-electron chi connectivity index (χ4n) is 5.46. The maximum atomic E-state index is 13.6. The van der Waals surface area contributed by atoms with E-state index in [9.17, 15) is 27.2 Å². The number of hydrogen-bond donors (Lipinski definition) is 0. The Kier molecular flexibility index (Phi) is 9.89. The first kappa shape index (κ1) is 30.5. The third-order valence-electron chi connectivity index (χ3n) is 7.87. The Balaban J connectivity index is 1.35. The summed E-state index contributed by atoms with van der Waals surface area (Å²) in [7, 11) is 1.58. The van der Waals surface area contributed by atoms with Crippen LogP contribution in [-0.2, 0) is 11.0 Å². The second-order valence-electron chi connectivity index (χ2n) is 10.6. The third kappa shape index (κ3) is 7.61. The van der Waals surface area contributed by atoms with Gasteiger partial charge in [0.1, 0.15) is 5.82 Å². The SMILES string of the molecule is CCC(=O)N1CCN(C2CN(CC[C@H](CN(C)C(=O)c3cc(Br)cc(C(F)(F)F)c3)c3ccc(F)cc3)C2)CC1. The zero-order chi connectivity index (χ0) is 29.0. The van der Waals surface area contributed by atoms with Crippen LogP contribution < -0.4 is 0 Å². The molecule has 11 heteroatoms. The average Bonchev–Trinajstić information content (AvgIpc) is 2.90. The van der Waals surface area contributed by atoms with Crippen molar-refractivity contribution in [1.82, 2.24) is 19.6 Å². The minimum Gasteiger partial charge on any atom is -0.341 e. The van der Waals surface area contributed by atoms with Gasteiger partial charge in [-0.1, -0.05) is 35.0 Å². The molecule has 0 aliphatic carbocycles. The smallest absolute Gasteiger partial charge is 0.341 e. The van der Waals surface area contributed by atoms with E-state index in [1.54, 1.807) is 19.2 Å². The van der Waals surface area contributed by atoms with Gasteiger partial charge < -0.3 is 14.7 Å². The Labute approximate surface area is 241 Å². The summed E-state index contributed by atoms with van der Waals surface area (Å²) < 4.78 is 53.7. The van der Waals surface area contributed by atoms with Crippen LogP contribution in [0.2, 0.25) is 0 Å². The first-order chi connectivity index (χ1) is 18.9. The summed E-state index contributed by atoms with van der Waals surface area (Å²) in [4.78, 5) is 33.2. The minimum atomic E-state index is -4.57. The molecular weight excluding hydrogens is 592 g/mol. The molecule has 218 valence electrons. The number of benzene rings is 2. The zero-order valence-electron chi connectivity index (χ0n) is 22.8. The Bertz CT molecular complexity index is 1180. The van der Waals surface area contributed by atoms with Gasteiger partial charge in [0.05, 0.1) is 5.56 Å². The van der Waals surface area contributed by atoms with Crippen molar-refractivity contribution >= 4 is 27.7 Å². The normalized spacial score (nSPS) is 17.9. The number of likely N-dealkylation sites (N-methyl/N-ethyl adjacent to an activating group) is 1. The van der Waals surface area contributed by atoms with E-state index in [0.717, 1.165) is 63.5 Å². The molecule has 0 radical (unpaired) electrons. The van der Waals surface area contributed by atoms with Crippen molar-refractivity contribution in [3.05, 3.63) is 69.4 Å². The third-order valence-corrected chi connectivity index (χ3v) is 8.33. The number of likely N-dealkylation sites (tertiary alicyclic amines) is 1. The minimum absolute atomic E-state index is 0.0478. The predicted molar refractivity (Wildman–Crippen MR) is 149 cm³/mol. The zero-order valence-corrected chi connectivity index (χ0v) is 24.3. The summed E-state index contributed by atoms with van der Waals surface area (Å²) in [5, 5.41) is 0. The summed E-state index contributed by atoms with van der Waals surface area (Å²) in [6, 6.07) is 9.83. The molecule has 2 amide bonds. The second kappa shape index (κ2) is 13.0. The maximum absolute atomic E-state index is 13.6. The lowest BCUT2D eigenvalue weighted by Gasteiger charge is -2.48. The van der Waals surface area contributed by atoms with Crippen LogP contribution in [0.5, 0.6) is 0 Å². The van der Waals surface area contributed by atoms with Crippen LogP contribution in [0.15, 0.2) is 46.9 Å². The molecule has 2 saturated heterocycles. The maximum Gasteiger partial charge on any atom is 0.416 e. The van der Waals surface area contributed by atoms with Crippen molar-refractivity contribution in [2.45, 2.75) is 37.9 Å². The van der Waals surface area contributed by atoms with Gasteiger partial charge in [-0.05, 0) is 48.9 Å². The first-order valence-corrected chi connectivity index (χ1v) is 14.4. The highest BCUT2D eigenvalue weighted by Gasteiger charge is 2.35. The van der Waals surface area contributed by atoms with Crippen LogP contribution in [0.1, 0.15) is 47.2 Å². The molecule has 2 aliphatic heterocycles. The standard InChI is InChI=1S/C29H35BrF4N4O2/c1-3-27(39)38-12-10-37(11-13-38)26-18-36(19-26)9-8-21(20-4-6-25(31)7-5-20)17-35(2)28(40)22-14-23(29(32,33)34)16-24(30)15-22/h4-7,14-16,21,26H,3,8-13,17-19H2,1-2H3/t21-/m1/s1. The second-order valence-corrected chi connectivity index (χ2v) is 11.5. The van der Waals surface area contributed by atoms with Crippen molar-refractivity contribution in [2.75, 3.05) is 59.4 Å². The van der Waals surface area contributed by atoms with E-state index >= 15 is 0 Å². The molecule has 2 aromatic rings. The van der Waals surface area contributed by atoms with Gasteiger partial charge in [0.25, 0.3) is 5.91 Å². The van der Waals surface area contributed by atoms with E-state index in [2.05, 4.69) is 25.7 Å². The lowest BCUT2D eigenvalue weighted by atomic mass is 9.93. The van der Waals surface area contributed by atoms with Crippen LogP contribution in [0, 0.1) is 5.82 Å². The molecule has 4 rings (SSSR count). The van der Waals surface area contributed by atoms with Crippen molar-refractivity contribution in [3.63, 3.8) is 0 Å². The Morgan fingerprint density at radius 2 is 1.70 bits per heavy atom. The number of alkyl halides is 3. The summed E-state index contributed by atoms with van der Waals surface area (Å²) in [5.41, 5.74) is -0.0622. The molecule has 0 spiro atoms. The molecule has 0 aromatic heterocycles. The van der Waals surface area contributed by atoms with Crippen molar-refractivity contribution in [1.29, 1.82) is 0 Å². The number of halogens is 5. The van der Waals surface area contributed by atoms with Gasteiger partial charge in [0, 0.05) is 81.3 Å². The van der Waals surface area contributed by atoms with Crippen molar-refractivity contribution < 1.29 is 27.2 Å². The molecule has 6 nitrogen and oxygen atoms in total. The highest BCUT2D eigenvalue weighted by Crippen LogP contribution is 2.32. The molecule has 0 unspecified atom stereocenters. The fraction of sp³-hybridized carbons (Fsp3) is 0.517. The van der Waals surface area contributed by atoms with Gasteiger partial charge >= 0.3 is 6.18 Å². The van der Waals surface area contributed by atoms with Crippen LogP contribution >= 0.6 is 15.9 Å². The van der Waals surface area contributed by atoms with Crippen LogP contribution in [0.3, 0.4) is 0 Å². The molecule has 2 aliphatic rings. The van der Waals surface area contributed by atoms with E-state index in [4.69, 9.17) is 0 Å². The van der Waals surface area contributed by atoms with Gasteiger partial charge in [-0.2, -0.15) is 13.2 Å². The van der Waals surface area contributed by atoms with Crippen LogP contribution in [0.25, 0.3) is 0 Å². The number of amides is 2. The molecule has 0 bridgehead atoms. The highest BCUT2D eigenvalue weighted by atomic mass is 79.9. The summed E-state index contributed by atoms with van der Waals surface area (Å²) in [6.45, 7) is 8.07. The Hall–Kier alpha value is -2.50. The van der Waals surface area contributed by atoms with Crippen LogP contribution in [0.4, 0.5) is 17.6 Å². The Morgan fingerprint density at radius 1 is 1.05 bits per heavy atom. The van der Waals surface area contributed by atoms with E-state index < -0.39 is 17.6 Å². The van der Waals surface area contributed by atoms with E-state index in [1.807, 2.05) is 11.8 Å². The summed E-state index contributed by atoms with van der Waals surface area (Å²) in [5.74, 6) is -0.784. The molecule has 1 atom stereocenters. The number of nitrogens with zero attached hydrogens (tertiary/aromatic N) is 4.